The van der Waals surface area contributed by atoms with E-state index in [-0.39, 0.29) is 11.2 Å². The van der Waals surface area contributed by atoms with Crippen LogP contribution >= 0.6 is 0 Å². The first-order valence-corrected chi connectivity index (χ1v) is 10.1. The summed E-state index contributed by atoms with van der Waals surface area (Å²) >= 11 is 0. The summed E-state index contributed by atoms with van der Waals surface area (Å²) < 4.78 is 9.42. The number of aromatic nitrogens is 5. The molecule has 3 aromatic rings. The molecule has 0 unspecified atom stereocenters. The topological polar surface area (TPSA) is 94.8 Å². The van der Waals surface area contributed by atoms with Gasteiger partial charge < -0.3 is 9.30 Å². The van der Waals surface area contributed by atoms with E-state index in [1.54, 1.807) is 6.20 Å². The normalized spacial score (nSPS) is 13.5. The van der Waals surface area contributed by atoms with Crippen LogP contribution in [0, 0.1) is 5.92 Å². The number of aryl methyl sites for hydroxylation is 2. The number of unbranched alkanes of at least 4 members (excludes halogenated alkanes) is 1. The molecule has 0 bridgehead atoms. The molecular weight excluding hydrogens is 370 g/mol. The van der Waals surface area contributed by atoms with Crippen LogP contribution in [0.2, 0.25) is 0 Å². The van der Waals surface area contributed by atoms with Crippen LogP contribution in [0.5, 0.6) is 5.75 Å². The van der Waals surface area contributed by atoms with E-state index in [9.17, 15) is 9.59 Å². The first kappa shape index (κ1) is 19.2. The van der Waals surface area contributed by atoms with Crippen molar-refractivity contribution < 1.29 is 4.74 Å². The number of H-pyrrole nitrogens is 1. The molecule has 0 saturated heterocycles. The maximum absolute atomic E-state index is 11.7. The van der Waals surface area contributed by atoms with Crippen molar-refractivity contribution in [3.8, 4) is 5.75 Å². The molecule has 0 amide bonds. The van der Waals surface area contributed by atoms with Gasteiger partial charge in [-0.3, -0.25) is 9.78 Å². The van der Waals surface area contributed by atoms with Gasteiger partial charge in [-0.25, -0.2) is 9.48 Å². The molecule has 0 aliphatic heterocycles. The van der Waals surface area contributed by atoms with E-state index < -0.39 is 0 Å². The van der Waals surface area contributed by atoms with Gasteiger partial charge >= 0.3 is 5.69 Å². The number of rotatable bonds is 10. The summed E-state index contributed by atoms with van der Waals surface area (Å²) in [5.74, 6) is 1.62. The first-order valence-electron chi connectivity index (χ1n) is 10.1. The SMILES string of the molecule is O=c1ccn(CCCCc2cnnn2Cc2ccccc2OCC2CC2)c(=O)[nH]1. The van der Waals surface area contributed by atoms with Crippen LogP contribution in [0.25, 0.3) is 0 Å². The molecular formula is C21H25N5O3. The van der Waals surface area contributed by atoms with Crippen molar-refractivity contribution in [2.75, 3.05) is 6.61 Å². The zero-order chi connectivity index (χ0) is 20.1. The molecule has 0 spiro atoms. The van der Waals surface area contributed by atoms with Gasteiger partial charge in [0.25, 0.3) is 5.56 Å². The first-order chi connectivity index (χ1) is 14.2. The number of para-hydroxylation sites is 1. The molecule has 4 rings (SSSR count). The van der Waals surface area contributed by atoms with Gasteiger partial charge in [0, 0.05) is 24.4 Å². The zero-order valence-corrected chi connectivity index (χ0v) is 16.3. The molecule has 1 aliphatic carbocycles. The Labute approximate surface area is 168 Å². The Morgan fingerprint density at radius 2 is 2.00 bits per heavy atom. The molecule has 152 valence electrons. The van der Waals surface area contributed by atoms with Gasteiger partial charge in [0.05, 0.1) is 25.0 Å². The summed E-state index contributed by atoms with van der Waals surface area (Å²) in [4.78, 5) is 25.1. The Bertz CT molecular complexity index is 1060. The molecule has 1 aromatic carbocycles. The molecule has 1 N–H and O–H groups in total. The number of ether oxygens (including phenoxy) is 1. The summed E-state index contributed by atoms with van der Waals surface area (Å²) in [5.41, 5.74) is 1.41. The van der Waals surface area contributed by atoms with Crippen molar-refractivity contribution in [2.45, 2.75) is 45.2 Å². The van der Waals surface area contributed by atoms with Gasteiger partial charge in [0.1, 0.15) is 5.75 Å². The summed E-state index contributed by atoms with van der Waals surface area (Å²) in [6.45, 7) is 1.97. The average Bonchev–Trinajstić information content (AvgIpc) is 3.45. The number of aromatic amines is 1. The van der Waals surface area contributed by atoms with E-state index in [0.29, 0.717) is 19.0 Å². The van der Waals surface area contributed by atoms with Gasteiger partial charge in [-0.15, -0.1) is 5.10 Å². The number of nitrogens with zero attached hydrogens (tertiary/aromatic N) is 4. The van der Waals surface area contributed by atoms with E-state index in [1.165, 1.54) is 29.7 Å². The number of nitrogens with one attached hydrogen (secondary N) is 1. The Kier molecular flexibility index (Phi) is 5.88. The Morgan fingerprint density at radius 3 is 2.83 bits per heavy atom. The maximum atomic E-state index is 11.7. The van der Waals surface area contributed by atoms with Crippen LogP contribution in [0.4, 0.5) is 0 Å². The highest BCUT2D eigenvalue weighted by atomic mass is 16.5. The average molecular weight is 395 g/mol. The minimum atomic E-state index is -0.373. The van der Waals surface area contributed by atoms with Crippen molar-refractivity contribution in [2.24, 2.45) is 5.92 Å². The molecule has 1 saturated carbocycles. The van der Waals surface area contributed by atoms with Crippen LogP contribution in [0.3, 0.4) is 0 Å². The standard InChI is InChI=1S/C21H25N5O3/c27-20-10-12-25(21(28)23-20)11-4-3-6-18-13-22-24-26(18)14-17-5-1-2-7-19(17)29-15-16-8-9-16/h1-2,5,7,10,12-13,16H,3-4,6,8-9,11,14-15H2,(H,23,27,28). The lowest BCUT2D eigenvalue weighted by molar-refractivity contribution is 0.295. The lowest BCUT2D eigenvalue weighted by Gasteiger charge is -2.12. The Morgan fingerprint density at radius 1 is 1.14 bits per heavy atom. The van der Waals surface area contributed by atoms with Crippen molar-refractivity contribution in [1.82, 2.24) is 24.5 Å². The molecule has 8 heteroatoms. The number of benzene rings is 1. The van der Waals surface area contributed by atoms with E-state index in [0.717, 1.165) is 42.9 Å². The van der Waals surface area contributed by atoms with E-state index in [2.05, 4.69) is 21.4 Å². The minimum absolute atomic E-state index is 0.369. The van der Waals surface area contributed by atoms with Gasteiger partial charge in [-0.2, -0.15) is 0 Å². The highest BCUT2D eigenvalue weighted by Gasteiger charge is 2.22. The van der Waals surface area contributed by atoms with E-state index in [4.69, 9.17) is 4.74 Å². The second-order valence-corrected chi connectivity index (χ2v) is 7.51. The second-order valence-electron chi connectivity index (χ2n) is 7.51. The third kappa shape index (κ3) is 5.22. The number of hydrogen-bond acceptors (Lipinski definition) is 5. The van der Waals surface area contributed by atoms with Crippen molar-refractivity contribution >= 4 is 0 Å². The van der Waals surface area contributed by atoms with Crippen LogP contribution in [-0.4, -0.2) is 31.2 Å². The van der Waals surface area contributed by atoms with Gasteiger partial charge in [0.2, 0.25) is 0 Å². The van der Waals surface area contributed by atoms with Crippen LogP contribution in [-0.2, 0) is 19.5 Å². The molecule has 2 heterocycles. The quantitative estimate of drug-likeness (QED) is 0.530. The van der Waals surface area contributed by atoms with Gasteiger partial charge in [-0.1, -0.05) is 23.4 Å². The van der Waals surface area contributed by atoms with Crippen LogP contribution in [0.15, 0.2) is 52.3 Å². The zero-order valence-electron chi connectivity index (χ0n) is 16.3. The lowest BCUT2D eigenvalue weighted by Crippen LogP contribution is -2.28. The third-order valence-corrected chi connectivity index (χ3v) is 5.14. The summed E-state index contributed by atoms with van der Waals surface area (Å²) in [6, 6.07) is 9.44. The van der Waals surface area contributed by atoms with Crippen LogP contribution < -0.4 is 16.0 Å². The summed E-state index contributed by atoms with van der Waals surface area (Å²) in [6.07, 6.45) is 8.37. The molecule has 8 nitrogen and oxygen atoms in total. The predicted octanol–water partition coefficient (Wildman–Crippen LogP) is 1.99. The molecule has 1 aliphatic rings. The largest absolute Gasteiger partial charge is 0.493 e. The second kappa shape index (κ2) is 8.89. The molecule has 0 atom stereocenters. The van der Waals surface area contributed by atoms with Crippen molar-refractivity contribution in [3.63, 3.8) is 0 Å². The van der Waals surface area contributed by atoms with Crippen molar-refractivity contribution in [3.05, 3.63) is 74.8 Å². The van der Waals surface area contributed by atoms with E-state index in [1.807, 2.05) is 22.9 Å². The highest BCUT2D eigenvalue weighted by Crippen LogP contribution is 2.30. The Balaban J connectivity index is 1.33. The molecule has 2 aromatic heterocycles. The van der Waals surface area contributed by atoms with Crippen molar-refractivity contribution in [1.29, 1.82) is 0 Å². The predicted molar refractivity (Wildman–Crippen MR) is 108 cm³/mol. The maximum Gasteiger partial charge on any atom is 0.328 e. The fourth-order valence-corrected chi connectivity index (χ4v) is 3.24. The fraction of sp³-hybridized carbons (Fsp3) is 0.429. The van der Waals surface area contributed by atoms with Crippen LogP contribution in [0.1, 0.15) is 36.9 Å². The summed E-state index contributed by atoms with van der Waals surface area (Å²) in [7, 11) is 0. The summed E-state index contributed by atoms with van der Waals surface area (Å²) in [5, 5.41) is 8.31. The number of hydrogen-bond donors (Lipinski definition) is 1. The smallest absolute Gasteiger partial charge is 0.328 e. The highest BCUT2D eigenvalue weighted by molar-refractivity contribution is 5.33. The minimum Gasteiger partial charge on any atom is -0.493 e. The van der Waals surface area contributed by atoms with Gasteiger partial charge in [-0.05, 0) is 44.1 Å². The Hall–Kier alpha value is -3.16. The van der Waals surface area contributed by atoms with E-state index >= 15 is 0 Å². The molecule has 0 radical (unpaired) electrons. The lowest BCUT2D eigenvalue weighted by atomic mass is 10.1. The van der Waals surface area contributed by atoms with Gasteiger partial charge in [0.15, 0.2) is 0 Å². The third-order valence-electron chi connectivity index (χ3n) is 5.14. The fourth-order valence-electron chi connectivity index (χ4n) is 3.24. The monoisotopic (exact) mass is 395 g/mol. The molecule has 1 fully saturated rings. The molecule has 29 heavy (non-hydrogen) atoms.